The third kappa shape index (κ3) is 3.50. The molecule has 2 aliphatic rings. The molecule has 130 valence electrons. The van der Waals surface area contributed by atoms with Gasteiger partial charge in [0.25, 0.3) is 0 Å². The number of pyridine rings is 1. The van der Waals surface area contributed by atoms with Crippen molar-refractivity contribution in [2.75, 3.05) is 0 Å². The van der Waals surface area contributed by atoms with E-state index in [4.69, 9.17) is 0 Å². The van der Waals surface area contributed by atoms with Crippen LogP contribution in [0.1, 0.15) is 36.4 Å². The number of phenols is 1. The summed E-state index contributed by atoms with van der Waals surface area (Å²) in [6.07, 6.45) is 6.30. The molecule has 0 spiro atoms. The molecule has 2 fully saturated rings. The predicted octanol–water partition coefficient (Wildman–Crippen LogP) is 1.89. The van der Waals surface area contributed by atoms with E-state index in [9.17, 15) is 9.90 Å². The van der Waals surface area contributed by atoms with Gasteiger partial charge in [-0.25, -0.2) is 10.9 Å². The summed E-state index contributed by atoms with van der Waals surface area (Å²) in [6, 6.07) is 11.1. The van der Waals surface area contributed by atoms with Gasteiger partial charge >= 0.3 is 0 Å². The van der Waals surface area contributed by atoms with Crippen molar-refractivity contribution < 1.29 is 9.90 Å². The van der Waals surface area contributed by atoms with Crippen molar-refractivity contribution in [3.8, 4) is 5.75 Å². The number of nitrogens with zero attached hydrogens (tertiary/aromatic N) is 2. The van der Waals surface area contributed by atoms with Crippen LogP contribution < -0.4 is 10.9 Å². The SMILES string of the molecule is O=C(C1CC(c2ccccc2O)NN1)N(Cc1cccnc1)C1CC1. The fourth-order valence-electron chi connectivity index (χ4n) is 3.37. The lowest BCUT2D eigenvalue weighted by molar-refractivity contribution is -0.134. The Morgan fingerprint density at radius 1 is 1.20 bits per heavy atom. The summed E-state index contributed by atoms with van der Waals surface area (Å²) in [5.74, 6) is 0.362. The van der Waals surface area contributed by atoms with Crippen LogP contribution in [0.2, 0.25) is 0 Å². The monoisotopic (exact) mass is 338 g/mol. The van der Waals surface area contributed by atoms with Gasteiger partial charge in [0, 0.05) is 30.5 Å². The number of rotatable bonds is 5. The Kier molecular flexibility index (Phi) is 4.38. The van der Waals surface area contributed by atoms with Gasteiger partial charge < -0.3 is 10.0 Å². The highest BCUT2D eigenvalue weighted by Crippen LogP contribution is 2.33. The van der Waals surface area contributed by atoms with Gasteiger partial charge in [0.1, 0.15) is 11.8 Å². The summed E-state index contributed by atoms with van der Waals surface area (Å²) in [7, 11) is 0. The Labute approximate surface area is 146 Å². The van der Waals surface area contributed by atoms with E-state index in [2.05, 4.69) is 15.8 Å². The van der Waals surface area contributed by atoms with Crippen molar-refractivity contribution in [3.63, 3.8) is 0 Å². The molecule has 2 atom stereocenters. The van der Waals surface area contributed by atoms with E-state index < -0.39 is 0 Å². The summed E-state index contributed by atoms with van der Waals surface area (Å²) in [6.45, 7) is 0.594. The molecule has 1 saturated heterocycles. The van der Waals surface area contributed by atoms with E-state index >= 15 is 0 Å². The van der Waals surface area contributed by atoms with Crippen molar-refractivity contribution in [1.82, 2.24) is 20.7 Å². The second-order valence-electron chi connectivity index (χ2n) is 6.75. The zero-order chi connectivity index (χ0) is 17.2. The summed E-state index contributed by atoms with van der Waals surface area (Å²) < 4.78 is 0. The third-order valence-electron chi connectivity index (χ3n) is 4.86. The van der Waals surface area contributed by atoms with E-state index in [1.165, 1.54) is 0 Å². The van der Waals surface area contributed by atoms with Crippen molar-refractivity contribution in [1.29, 1.82) is 0 Å². The number of nitrogens with one attached hydrogen (secondary N) is 2. The maximum absolute atomic E-state index is 13.0. The lowest BCUT2D eigenvalue weighted by Gasteiger charge is -2.25. The molecule has 1 amide bonds. The number of aromatic hydroxyl groups is 1. The Morgan fingerprint density at radius 3 is 2.76 bits per heavy atom. The first-order valence-corrected chi connectivity index (χ1v) is 8.70. The van der Waals surface area contributed by atoms with Crippen LogP contribution in [0, 0.1) is 0 Å². The number of carbonyl (C=O) groups is 1. The molecule has 0 radical (unpaired) electrons. The average molecular weight is 338 g/mol. The van der Waals surface area contributed by atoms with Crippen LogP contribution in [-0.4, -0.2) is 33.0 Å². The smallest absolute Gasteiger partial charge is 0.241 e. The zero-order valence-corrected chi connectivity index (χ0v) is 13.9. The Hall–Kier alpha value is -2.44. The van der Waals surface area contributed by atoms with Crippen molar-refractivity contribution >= 4 is 5.91 Å². The minimum Gasteiger partial charge on any atom is -0.508 e. The largest absolute Gasteiger partial charge is 0.508 e. The fraction of sp³-hybridized carbons (Fsp3) is 0.368. The number of hydrazine groups is 1. The Balaban J connectivity index is 1.45. The van der Waals surface area contributed by atoms with Gasteiger partial charge in [-0.15, -0.1) is 0 Å². The van der Waals surface area contributed by atoms with Crippen LogP contribution in [0.4, 0.5) is 0 Å². The second-order valence-corrected chi connectivity index (χ2v) is 6.75. The molecule has 6 heteroatoms. The lowest BCUT2D eigenvalue weighted by atomic mass is 10.0. The molecule has 1 aromatic heterocycles. The standard InChI is InChI=1S/C19H22N4O2/c24-18-6-2-1-5-15(18)16-10-17(22-21-16)19(25)23(14-7-8-14)12-13-4-3-9-20-11-13/h1-6,9,11,14,16-17,21-22,24H,7-8,10,12H2. The molecule has 1 saturated carbocycles. The number of aromatic nitrogens is 1. The summed E-state index contributed by atoms with van der Waals surface area (Å²) >= 11 is 0. The molecule has 1 aliphatic heterocycles. The molecular weight excluding hydrogens is 316 g/mol. The lowest BCUT2D eigenvalue weighted by Crippen LogP contribution is -2.46. The van der Waals surface area contributed by atoms with E-state index in [1.807, 2.05) is 35.4 Å². The van der Waals surface area contributed by atoms with E-state index in [1.54, 1.807) is 18.3 Å². The topological polar surface area (TPSA) is 77.5 Å². The van der Waals surface area contributed by atoms with Gasteiger partial charge in [-0.3, -0.25) is 9.78 Å². The molecule has 6 nitrogen and oxygen atoms in total. The quantitative estimate of drug-likeness (QED) is 0.776. The van der Waals surface area contributed by atoms with Crippen LogP contribution in [-0.2, 0) is 11.3 Å². The first-order valence-electron chi connectivity index (χ1n) is 8.70. The van der Waals surface area contributed by atoms with Crippen LogP contribution in [0.25, 0.3) is 0 Å². The van der Waals surface area contributed by atoms with Gasteiger partial charge in [-0.2, -0.15) is 0 Å². The number of carbonyl (C=O) groups excluding carboxylic acids is 1. The fourth-order valence-corrected chi connectivity index (χ4v) is 3.37. The minimum atomic E-state index is -0.290. The normalized spacial score (nSPS) is 22.7. The number of amides is 1. The number of benzene rings is 1. The minimum absolute atomic E-state index is 0.0744. The number of hydrogen-bond donors (Lipinski definition) is 3. The second kappa shape index (κ2) is 6.82. The summed E-state index contributed by atoms with van der Waals surface area (Å²) in [5, 5.41) is 10.0. The van der Waals surface area contributed by atoms with Crippen LogP contribution >= 0.6 is 0 Å². The maximum Gasteiger partial charge on any atom is 0.241 e. The Morgan fingerprint density at radius 2 is 2.04 bits per heavy atom. The molecule has 3 N–H and O–H groups in total. The molecule has 4 rings (SSSR count). The van der Waals surface area contributed by atoms with Crippen LogP contribution in [0.15, 0.2) is 48.8 Å². The molecule has 1 aromatic carbocycles. The van der Waals surface area contributed by atoms with Crippen molar-refractivity contribution in [2.45, 2.75) is 43.9 Å². The summed E-state index contributed by atoms with van der Waals surface area (Å²) in [5.41, 5.74) is 8.13. The van der Waals surface area contributed by atoms with Gasteiger partial charge in [-0.1, -0.05) is 24.3 Å². The van der Waals surface area contributed by atoms with Gasteiger partial charge in [-0.05, 0) is 37.0 Å². The molecular formula is C19H22N4O2. The number of hydrogen-bond acceptors (Lipinski definition) is 5. The van der Waals surface area contributed by atoms with Crippen molar-refractivity contribution in [3.05, 3.63) is 59.9 Å². The van der Waals surface area contributed by atoms with Crippen molar-refractivity contribution in [2.24, 2.45) is 0 Å². The molecule has 2 aromatic rings. The first-order chi connectivity index (χ1) is 12.2. The molecule has 1 aliphatic carbocycles. The number of phenolic OH excluding ortho intramolecular Hbond substituents is 1. The Bertz CT molecular complexity index is 748. The zero-order valence-electron chi connectivity index (χ0n) is 13.9. The molecule has 0 bridgehead atoms. The van der Waals surface area contributed by atoms with E-state index in [0.29, 0.717) is 19.0 Å². The molecule has 2 unspecified atom stereocenters. The van der Waals surface area contributed by atoms with Crippen LogP contribution in [0.3, 0.4) is 0 Å². The van der Waals surface area contributed by atoms with Gasteiger partial charge in [0.15, 0.2) is 0 Å². The molecule has 2 heterocycles. The summed E-state index contributed by atoms with van der Waals surface area (Å²) in [4.78, 5) is 19.1. The molecule has 25 heavy (non-hydrogen) atoms. The maximum atomic E-state index is 13.0. The first kappa shape index (κ1) is 16.1. The predicted molar refractivity (Wildman–Crippen MR) is 93.3 cm³/mol. The highest BCUT2D eigenvalue weighted by molar-refractivity contribution is 5.83. The average Bonchev–Trinajstić information content (AvgIpc) is 3.37. The van der Waals surface area contributed by atoms with E-state index in [0.717, 1.165) is 24.0 Å². The third-order valence-corrected chi connectivity index (χ3v) is 4.86. The van der Waals surface area contributed by atoms with E-state index in [-0.39, 0.29) is 23.7 Å². The number of para-hydroxylation sites is 1. The van der Waals surface area contributed by atoms with Gasteiger partial charge in [0.05, 0.1) is 6.04 Å². The van der Waals surface area contributed by atoms with Crippen LogP contribution in [0.5, 0.6) is 5.75 Å². The van der Waals surface area contributed by atoms with Gasteiger partial charge in [0.2, 0.25) is 5.91 Å². The highest BCUT2D eigenvalue weighted by Gasteiger charge is 2.39. The highest BCUT2D eigenvalue weighted by atomic mass is 16.3.